The number of nitrogens with one attached hydrogen (secondary N) is 1. The first-order valence-electron chi connectivity index (χ1n) is 8.49. The summed E-state index contributed by atoms with van der Waals surface area (Å²) in [5.74, 6) is -0.411. The van der Waals surface area contributed by atoms with Crippen LogP contribution in [0.15, 0.2) is 30.3 Å². The number of fused-ring (bicyclic) bond motifs is 1. The molecule has 6 nitrogen and oxygen atoms in total. The molecular formula is C18H22N2O4S. The Morgan fingerprint density at radius 1 is 1.40 bits per heavy atom. The molecule has 0 unspecified atom stereocenters. The molecule has 7 heteroatoms. The van der Waals surface area contributed by atoms with Gasteiger partial charge >= 0.3 is 5.97 Å². The smallest absolute Gasteiger partial charge is 0.330 e. The maximum atomic E-state index is 12.6. The van der Waals surface area contributed by atoms with Gasteiger partial charge in [-0.15, -0.1) is 11.8 Å². The molecule has 0 bridgehead atoms. The number of amides is 2. The van der Waals surface area contributed by atoms with Gasteiger partial charge in [-0.05, 0) is 25.8 Å². The second-order valence-corrected chi connectivity index (χ2v) is 7.51. The number of ether oxygens (including phenoxy) is 1. The van der Waals surface area contributed by atoms with Crippen LogP contribution >= 0.6 is 11.8 Å². The van der Waals surface area contributed by atoms with E-state index in [0.29, 0.717) is 25.1 Å². The number of carbonyl (C=O) groups is 3. The molecule has 134 valence electrons. The summed E-state index contributed by atoms with van der Waals surface area (Å²) in [6.07, 6.45) is 0.218. The number of rotatable bonds is 5. The highest BCUT2D eigenvalue weighted by molar-refractivity contribution is 8.00. The standard InChI is InChI=1S/C18H22N2O4S/c1-3-19-16(22)12(2)24-17(23)14-11-25-18(10-9-15(21)20(14)18)13-7-5-4-6-8-13/h4-8,12,14H,3,9-11H2,1-2H3,(H,19,22)/t12-,14+,18-/m1/s1. The molecule has 2 aliphatic rings. The number of hydrogen-bond acceptors (Lipinski definition) is 5. The Bertz CT molecular complexity index is 681. The molecule has 2 amide bonds. The predicted octanol–water partition coefficient (Wildman–Crippen LogP) is 1.64. The van der Waals surface area contributed by atoms with Gasteiger partial charge < -0.3 is 15.0 Å². The molecule has 0 saturated carbocycles. The number of hydrogen-bond donors (Lipinski definition) is 1. The van der Waals surface area contributed by atoms with Crippen LogP contribution in [0, 0.1) is 0 Å². The van der Waals surface area contributed by atoms with Crippen LogP contribution in [0.1, 0.15) is 32.3 Å². The third kappa shape index (κ3) is 3.13. The zero-order valence-corrected chi connectivity index (χ0v) is 15.2. The SMILES string of the molecule is CCNC(=O)[C@@H](C)OC(=O)[C@@H]1CS[C@@]2(c3ccccc3)CCC(=O)N12. The summed E-state index contributed by atoms with van der Waals surface area (Å²) in [5, 5.41) is 2.63. The minimum Gasteiger partial charge on any atom is -0.451 e. The zero-order chi connectivity index (χ0) is 18.0. The van der Waals surface area contributed by atoms with E-state index in [9.17, 15) is 14.4 Å². The molecule has 0 spiro atoms. The van der Waals surface area contributed by atoms with Gasteiger partial charge in [-0.3, -0.25) is 9.59 Å². The molecule has 3 rings (SSSR count). The molecule has 3 atom stereocenters. The molecule has 2 heterocycles. The van der Waals surface area contributed by atoms with Crippen molar-refractivity contribution in [2.24, 2.45) is 0 Å². The molecule has 0 aromatic heterocycles. The third-order valence-corrected chi connectivity index (χ3v) is 6.23. The van der Waals surface area contributed by atoms with Gasteiger partial charge in [0.25, 0.3) is 5.91 Å². The fraction of sp³-hybridized carbons (Fsp3) is 0.500. The van der Waals surface area contributed by atoms with E-state index >= 15 is 0 Å². The number of benzene rings is 1. The second kappa shape index (κ2) is 7.07. The topological polar surface area (TPSA) is 75.7 Å². The third-order valence-electron chi connectivity index (χ3n) is 4.64. The lowest BCUT2D eigenvalue weighted by molar-refractivity contribution is -0.161. The van der Waals surface area contributed by atoms with Crippen LogP contribution in [0.3, 0.4) is 0 Å². The first kappa shape index (κ1) is 17.8. The van der Waals surface area contributed by atoms with E-state index in [-0.39, 0.29) is 11.8 Å². The van der Waals surface area contributed by atoms with Crippen molar-refractivity contribution in [1.82, 2.24) is 10.2 Å². The summed E-state index contributed by atoms with van der Waals surface area (Å²) < 4.78 is 5.33. The van der Waals surface area contributed by atoms with Crippen LogP contribution in [-0.4, -0.2) is 47.1 Å². The summed E-state index contributed by atoms with van der Waals surface area (Å²) >= 11 is 1.60. The van der Waals surface area contributed by atoms with Crippen molar-refractivity contribution < 1.29 is 19.1 Å². The van der Waals surface area contributed by atoms with Gasteiger partial charge in [0.05, 0.1) is 0 Å². The minimum absolute atomic E-state index is 0.0403. The van der Waals surface area contributed by atoms with Crippen LogP contribution in [0.25, 0.3) is 0 Å². The van der Waals surface area contributed by atoms with Crippen molar-refractivity contribution >= 4 is 29.5 Å². The van der Waals surface area contributed by atoms with E-state index in [1.807, 2.05) is 30.3 Å². The Kier molecular flexibility index (Phi) is 5.03. The fourth-order valence-corrected chi connectivity index (χ4v) is 5.08. The lowest BCUT2D eigenvalue weighted by atomic mass is 10.0. The van der Waals surface area contributed by atoms with E-state index in [4.69, 9.17) is 4.74 Å². The maximum absolute atomic E-state index is 12.6. The summed E-state index contributed by atoms with van der Waals surface area (Å²) in [6.45, 7) is 3.82. The van der Waals surface area contributed by atoms with Crippen molar-refractivity contribution in [3.05, 3.63) is 35.9 Å². The summed E-state index contributed by atoms with van der Waals surface area (Å²) in [6, 6.07) is 9.13. The zero-order valence-electron chi connectivity index (χ0n) is 14.4. The normalized spacial score (nSPS) is 26.2. The largest absolute Gasteiger partial charge is 0.451 e. The highest BCUT2D eigenvalue weighted by Gasteiger charge is 2.57. The highest BCUT2D eigenvalue weighted by atomic mass is 32.2. The number of esters is 1. The average molecular weight is 362 g/mol. The van der Waals surface area contributed by atoms with Crippen LogP contribution < -0.4 is 5.32 Å². The first-order chi connectivity index (χ1) is 12.0. The minimum atomic E-state index is -0.873. The van der Waals surface area contributed by atoms with Crippen LogP contribution in [0.4, 0.5) is 0 Å². The molecule has 2 saturated heterocycles. The molecule has 2 aliphatic heterocycles. The summed E-state index contributed by atoms with van der Waals surface area (Å²) in [7, 11) is 0. The Labute approximate surface area is 151 Å². The first-order valence-corrected chi connectivity index (χ1v) is 9.48. The number of thioether (sulfide) groups is 1. The molecule has 0 radical (unpaired) electrons. The second-order valence-electron chi connectivity index (χ2n) is 6.21. The van der Waals surface area contributed by atoms with Crippen molar-refractivity contribution in [2.45, 2.75) is 43.7 Å². The lowest BCUT2D eigenvalue weighted by Gasteiger charge is -2.33. The van der Waals surface area contributed by atoms with Gasteiger partial charge in [-0.25, -0.2) is 4.79 Å². The van der Waals surface area contributed by atoms with E-state index in [2.05, 4.69) is 5.32 Å². The number of nitrogens with zero attached hydrogens (tertiary/aromatic N) is 1. The van der Waals surface area contributed by atoms with Gasteiger partial charge in [0.15, 0.2) is 6.10 Å². The molecule has 1 N–H and O–H groups in total. The Hall–Kier alpha value is -2.02. The predicted molar refractivity (Wildman–Crippen MR) is 94.7 cm³/mol. The highest BCUT2D eigenvalue weighted by Crippen LogP contribution is 2.54. The van der Waals surface area contributed by atoms with Crippen LogP contribution in [-0.2, 0) is 24.0 Å². The average Bonchev–Trinajstić information content (AvgIpc) is 3.15. The Morgan fingerprint density at radius 2 is 2.12 bits per heavy atom. The van der Waals surface area contributed by atoms with Crippen LogP contribution in [0.5, 0.6) is 0 Å². The molecule has 2 fully saturated rings. The van der Waals surface area contributed by atoms with Crippen LogP contribution in [0.2, 0.25) is 0 Å². The van der Waals surface area contributed by atoms with Crippen molar-refractivity contribution in [1.29, 1.82) is 0 Å². The van der Waals surface area contributed by atoms with E-state index in [1.165, 1.54) is 0 Å². The monoisotopic (exact) mass is 362 g/mol. The summed E-state index contributed by atoms with van der Waals surface area (Å²) in [4.78, 5) is 38.1. The number of carbonyl (C=O) groups excluding carboxylic acids is 3. The van der Waals surface area contributed by atoms with E-state index in [0.717, 1.165) is 5.56 Å². The summed E-state index contributed by atoms with van der Waals surface area (Å²) in [5.41, 5.74) is 1.03. The molecule has 25 heavy (non-hydrogen) atoms. The van der Waals surface area contributed by atoms with Gasteiger partial charge in [0.2, 0.25) is 5.91 Å². The van der Waals surface area contributed by atoms with Crippen molar-refractivity contribution in [3.8, 4) is 0 Å². The van der Waals surface area contributed by atoms with Gasteiger partial charge in [-0.2, -0.15) is 0 Å². The number of likely N-dealkylation sites (N-methyl/N-ethyl adjacent to an activating group) is 1. The van der Waals surface area contributed by atoms with E-state index < -0.39 is 23.0 Å². The van der Waals surface area contributed by atoms with Crippen molar-refractivity contribution in [3.63, 3.8) is 0 Å². The van der Waals surface area contributed by atoms with Crippen molar-refractivity contribution in [2.75, 3.05) is 12.3 Å². The Morgan fingerprint density at radius 3 is 2.80 bits per heavy atom. The molecule has 0 aliphatic carbocycles. The Balaban J connectivity index is 1.79. The molecular weight excluding hydrogens is 340 g/mol. The fourth-order valence-electron chi connectivity index (χ4n) is 3.44. The van der Waals surface area contributed by atoms with Gasteiger partial charge in [0, 0.05) is 18.7 Å². The molecule has 1 aromatic rings. The maximum Gasteiger partial charge on any atom is 0.330 e. The van der Waals surface area contributed by atoms with Gasteiger partial charge in [0.1, 0.15) is 10.9 Å². The lowest BCUT2D eigenvalue weighted by Crippen LogP contribution is -2.48. The molecule has 1 aromatic carbocycles. The van der Waals surface area contributed by atoms with E-state index in [1.54, 1.807) is 30.5 Å². The van der Waals surface area contributed by atoms with Gasteiger partial charge in [-0.1, -0.05) is 30.3 Å². The quantitative estimate of drug-likeness (QED) is 0.806.